The molecule has 0 saturated carbocycles. The average molecular weight is 616 g/mol. The molecule has 0 bridgehead atoms. The van der Waals surface area contributed by atoms with Crippen molar-refractivity contribution in [1.82, 2.24) is 14.1 Å². The fourth-order valence-corrected chi connectivity index (χ4v) is 8.67. The molecule has 4 atom stereocenters. The lowest BCUT2D eigenvalue weighted by atomic mass is 9.66. The van der Waals surface area contributed by atoms with E-state index < -0.39 is 0 Å². The Morgan fingerprint density at radius 1 is 0.458 bits per heavy atom. The Hall–Kier alpha value is -5.93. The minimum atomic E-state index is 0.186. The molecule has 2 aromatic heterocycles. The van der Waals surface area contributed by atoms with Crippen molar-refractivity contribution in [3.05, 3.63) is 199 Å². The molecule has 2 heterocycles. The summed E-state index contributed by atoms with van der Waals surface area (Å²) >= 11 is 0. The fourth-order valence-electron chi connectivity index (χ4n) is 8.67. The standard InChI is InChI=1S/C45H33N3/c1-2-15-31-30(14-1)32-16-3-4-17-34(32)38-23-13-27-43(44(38)37-21-6-5-18-33(31)37)47-29-28-46-45(47)39-22-9-12-26-42(39)48-40-24-10-7-19-35(40)36-20-8-11-25-41(36)48/h1-29,32-34,37H. The first-order chi connectivity index (χ1) is 23.9. The largest absolute Gasteiger partial charge is 0.309 e. The van der Waals surface area contributed by atoms with E-state index >= 15 is 0 Å². The van der Waals surface area contributed by atoms with Gasteiger partial charge in [0.25, 0.3) is 0 Å². The number of rotatable bonds is 3. The van der Waals surface area contributed by atoms with E-state index in [1.54, 1.807) is 0 Å². The lowest BCUT2D eigenvalue weighted by Gasteiger charge is -2.38. The summed E-state index contributed by atoms with van der Waals surface area (Å²) in [4.78, 5) is 5.10. The highest BCUT2D eigenvalue weighted by Gasteiger charge is 2.37. The first-order valence-corrected chi connectivity index (χ1v) is 16.9. The van der Waals surface area contributed by atoms with Gasteiger partial charge >= 0.3 is 0 Å². The first-order valence-electron chi connectivity index (χ1n) is 16.9. The smallest absolute Gasteiger partial charge is 0.146 e. The van der Waals surface area contributed by atoms with Gasteiger partial charge in [-0.15, -0.1) is 0 Å². The molecule has 0 spiro atoms. The molecule has 0 amide bonds. The Labute approximate surface area is 280 Å². The predicted molar refractivity (Wildman–Crippen MR) is 197 cm³/mol. The third-order valence-electron chi connectivity index (χ3n) is 10.7. The van der Waals surface area contributed by atoms with Crippen molar-refractivity contribution >= 4 is 21.8 Å². The van der Waals surface area contributed by atoms with E-state index in [1.165, 1.54) is 49.7 Å². The Balaban J connectivity index is 1.21. The third kappa shape index (κ3) is 3.97. The van der Waals surface area contributed by atoms with Crippen molar-refractivity contribution < 1.29 is 0 Å². The molecule has 3 heteroatoms. The minimum absolute atomic E-state index is 0.186. The van der Waals surface area contributed by atoms with Crippen LogP contribution in [-0.2, 0) is 0 Å². The monoisotopic (exact) mass is 615 g/mol. The van der Waals surface area contributed by atoms with Gasteiger partial charge in [0.1, 0.15) is 5.82 Å². The zero-order chi connectivity index (χ0) is 31.6. The summed E-state index contributed by atoms with van der Waals surface area (Å²) in [7, 11) is 0. The molecule has 4 unspecified atom stereocenters. The molecule has 10 rings (SSSR count). The van der Waals surface area contributed by atoms with Crippen LogP contribution >= 0.6 is 0 Å². The third-order valence-corrected chi connectivity index (χ3v) is 10.7. The van der Waals surface area contributed by atoms with Crippen LogP contribution in [0.4, 0.5) is 0 Å². The molecule has 3 nitrogen and oxygen atoms in total. The lowest BCUT2D eigenvalue weighted by molar-refractivity contribution is 0.634. The second-order valence-electron chi connectivity index (χ2n) is 13.1. The highest BCUT2D eigenvalue weighted by molar-refractivity contribution is 6.09. The van der Waals surface area contributed by atoms with Crippen LogP contribution in [0, 0.1) is 0 Å². The molecule has 0 fully saturated rings. The molecule has 7 aromatic rings. The molecule has 0 N–H and O–H groups in total. The maximum atomic E-state index is 5.10. The molecule has 5 aromatic carbocycles. The van der Waals surface area contributed by atoms with Crippen LogP contribution in [0.1, 0.15) is 45.9 Å². The summed E-state index contributed by atoms with van der Waals surface area (Å²) in [6, 6.07) is 42.1. The highest BCUT2D eigenvalue weighted by Crippen LogP contribution is 2.52. The van der Waals surface area contributed by atoms with Crippen LogP contribution in [0.2, 0.25) is 0 Å². The summed E-state index contributed by atoms with van der Waals surface area (Å²) in [6.45, 7) is 0. The molecule has 0 saturated heterocycles. The van der Waals surface area contributed by atoms with Gasteiger partial charge in [0.2, 0.25) is 0 Å². The summed E-state index contributed by atoms with van der Waals surface area (Å²) in [5.41, 5.74) is 11.4. The van der Waals surface area contributed by atoms with Gasteiger partial charge < -0.3 is 4.57 Å². The van der Waals surface area contributed by atoms with Crippen molar-refractivity contribution in [2.75, 3.05) is 0 Å². The van der Waals surface area contributed by atoms with Crippen molar-refractivity contribution in [2.45, 2.75) is 23.7 Å². The molecule has 3 aliphatic rings. The first kappa shape index (κ1) is 27.2. The average Bonchev–Trinajstić information content (AvgIpc) is 3.77. The number of para-hydroxylation sites is 3. The van der Waals surface area contributed by atoms with Crippen molar-refractivity contribution in [1.29, 1.82) is 0 Å². The van der Waals surface area contributed by atoms with Gasteiger partial charge in [0, 0.05) is 52.4 Å². The molecule has 48 heavy (non-hydrogen) atoms. The van der Waals surface area contributed by atoms with Gasteiger partial charge in [-0.1, -0.05) is 134 Å². The summed E-state index contributed by atoms with van der Waals surface area (Å²) in [5, 5.41) is 2.51. The second kappa shape index (κ2) is 10.8. The normalized spacial score (nSPS) is 20.6. The molecule has 228 valence electrons. The minimum Gasteiger partial charge on any atom is -0.309 e. The van der Waals surface area contributed by atoms with Gasteiger partial charge in [0.05, 0.1) is 22.4 Å². The lowest BCUT2D eigenvalue weighted by Crippen LogP contribution is -2.23. The van der Waals surface area contributed by atoms with E-state index in [9.17, 15) is 0 Å². The van der Waals surface area contributed by atoms with Crippen molar-refractivity contribution in [3.8, 4) is 22.8 Å². The maximum absolute atomic E-state index is 5.10. The summed E-state index contributed by atoms with van der Waals surface area (Å²) < 4.78 is 4.74. The Morgan fingerprint density at radius 2 is 0.979 bits per heavy atom. The SMILES string of the molecule is C1=CC2c3ccccc3C3C=CC=CC3c3c(cccc3-n3ccnc3-c3ccccc3-n3c4ccccc4c4ccccc43)C2C=C1. The second-order valence-corrected chi connectivity index (χ2v) is 13.1. The molecule has 3 aliphatic carbocycles. The van der Waals surface area contributed by atoms with E-state index in [0.717, 1.165) is 17.1 Å². The molecule has 0 aliphatic heterocycles. The van der Waals surface area contributed by atoms with Crippen LogP contribution in [-0.4, -0.2) is 14.1 Å². The number of hydrogen-bond donors (Lipinski definition) is 0. The number of aromatic nitrogens is 3. The predicted octanol–water partition coefficient (Wildman–Crippen LogP) is 10.9. The van der Waals surface area contributed by atoms with Gasteiger partial charge in [-0.05, 0) is 52.6 Å². The molecular formula is C45H33N3. The zero-order valence-corrected chi connectivity index (χ0v) is 26.4. The van der Waals surface area contributed by atoms with Crippen LogP contribution in [0.5, 0.6) is 0 Å². The number of imidazole rings is 1. The van der Waals surface area contributed by atoms with Gasteiger partial charge in [-0.2, -0.15) is 0 Å². The van der Waals surface area contributed by atoms with E-state index in [2.05, 4.69) is 179 Å². The van der Waals surface area contributed by atoms with Crippen LogP contribution in [0.15, 0.2) is 176 Å². The summed E-state index contributed by atoms with van der Waals surface area (Å²) in [5.74, 6) is 1.88. The van der Waals surface area contributed by atoms with Crippen molar-refractivity contribution in [3.63, 3.8) is 0 Å². The van der Waals surface area contributed by atoms with E-state index in [-0.39, 0.29) is 23.7 Å². The van der Waals surface area contributed by atoms with Crippen LogP contribution in [0.25, 0.3) is 44.6 Å². The maximum Gasteiger partial charge on any atom is 0.146 e. The van der Waals surface area contributed by atoms with Crippen LogP contribution in [0.3, 0.4) is 0 Å². The number of allylic oxidation sites excluding steroid dienone is 8. The van der Waals surface area contributed by atoms with E-state index in [0.29, 0.717) is 0 Å². The Bertz CT molecular complexity index is 2450. The van der Waals surface area contributed by atoms with E-state index in [1.807, 2.05) is 6.20 Å². The number of benzene rings is 5. The van der Waals surface area contributed by atoms with Gasteiger partial charge in [-0.25, -0.2) is 4.98 Å². The van der Waals surface area contributed by atoms with Gasteiger partial charge in [0.15, 0.2) is 0 Å². The van der Waals surface area contributed by atoms with Crippen molar-refractivity contribution in [2.24, 2.45) is 0 Å². The summed E-state index contributed by atoms with van der Waals surface area (Å²) in [6.07, 6.45) is 22.6. The van der Waals surface area contributed by atoms with Crippen LogP contribution < -0.4 is 0 Å². The van der Waals surface area contributed by atoms with E-state index in [4.69, 9.17) is 4.98 Å². The van der Waals surface area contributed by atoms with Gasteiger partial charge in [-0.3, -0.25) is 4.57 Å². The Kier molecular flexibility index (Phi) is 6.13. The zero-order valence-electron chi connectivity index (χ0n) is 26.4. The number of fused-ring (bicyclic) bond motifs is 11. The molecule has 0 radical (unpaired) electrons. The molecular weight excluding hydrogens is 583 g/mol. The number of nitrogens with zero attached hydrogens (tertiary/aromatic N) is 3. The fraction of sp³-hybridized carbons (Fsp3) is 0.0889. The topological polar surface area (TPSA) is 22.8 Å². The quantitative estimate of drug-likeness (QED) is 0.194. The number of hydrogen-bond acceptors (Lipinski definition) is 1. The highest BCUT2D eigenvalue weighted by atomic mass is 15.1. The Morgan fingerprint density at radius 3 is 1.69 bits per heavy atom.